The van der Waals surface area contributed by atoms with E-state index in [2.05, 4.69) is 0 Å². The fourth-order valence-corrected chi connectivity index (χ4v) is 3.31. The van der Waals surface area contributed by atoms with Crippen molar-refractivity contribution in [3.8, 4) is 5.75 Å². The standard InChI is InChI=1S/C17H21FN2O3S/c1-19(2)24(21,22)15-7-5-6-13(10-15)12-20(3)16-9-8-14(18)11-17(16)23-4/h5-11H,12H2,1-4H3. The molecule has 130 valence electrons. The first-order valence-corrected chi connectivity index (χ1v) is 8.76. The maximum atomic E-state index is 13.3. The summed E-state index contributed by atoms with van der Waals surface area (Å²) >= 11 is 0. The smallest absolute Gasteiger partial charge is 0.242 e. The van der Waals surface area contributed by atoms with E-state index in [0.717, 1.165) is 11.3 Å². The van der Waals surface area contributed by atoms with E-state index in [9.17, 15) is 12.8 Å². The molecule has 0 atom stereocenters. The normalized spacial score (nSPS) is 11.6. The first-order valence-electron chi connectivity index (χ1n) is 7.32. The number of hydrogen-bond acceptors (Lipinski definition) is 4. The molecule has 0 bridgehead atoms. The average Bonchev–Trinajstić information content (AvgIpc) is 2.54. The van der Waals surface area contributed by atoms with Gasteiger partial charge in [0.15, 0.2) is 0 Å². The largest absolute Gasteiger partial charge is 0.494 e. The van der Waals surface area contributed by atoms with Gasteiger partial charge in [-0.2, -0.15) is 0 Å². The summed E-state index contributed by atoms with van der Waals surface area (Å²) < 4.78 is 44.2. The van der Waals surface area contributed by atoms with Crippen LogP contribution in [0.2, 0.25) is 0 Å². The lowest BCUT2D eigenvalue weighted by atomic mass is 10.2. The number of methoxy groups -OCH3 is 1. The second-order valence-corrected chi connectivity index (χ2v) is 7.76. The lowest BCUT2D eigenvalue weighted by Gasteiger charge is -2.22. The highest BCUT2D eigenvalue weighted by molar-refractivity contribution is 7.89. The second-order valence-electron chi connectivity index (χ2n) is 5.61. The Morgan fingerprint density at radius 1 is 1.08 bits per heavy atom. The molecule has 0 amide bonds. The number of benzene rings is 2. The molecular formula is C17H21FN2O3S. The quantitative estimate of drug-likeness (QED) is 0.802. The van der Waals surface area contributed by atoms with Gasteiger partial charge in [-0.15, -0.1) is 0 Å². The zero-order chi connectivity index (χ0) is 17.9. The van der Waals surface area contributed by atoms with E-state index in [1.807, 2.05) is 18.0 Å². The van der Waals surface area contributed by atoms with Crippen molar-refractivity contribution in [2.45, 2.75) is 11.4 Å². The van der Waals surface area contributed by atoms with Gasteiger partial charge in [0, 0.05) is 33.8 Å². The molecule has 0 fully saturated rings. The van der Waals surface area contributed by atoms with Crippen LogP contribution in [0.3, 0.4) is 0 Å². The van der Waals surface area contributed by atoms with E-state index in [4.69, 9.17) is 4.74 Å². The molecule has 5 nitrogen and oxygen atoms in total. The van der Waals surface area contributed by atoms with Crippen molar-refractivity contribution < 1.29 is 17.5 Å². The van der Waals surface area contributed by atoms with Crippen LogP contribution in [-0.2, 0) is 16.6 Å². The highest BCUT2D eigenvalue weighted by atomic mass is 32.2. The van der Waals surface area contributed by atoms with Crippen molar-refractivity contribution in [2.75, 3.05) is 33.2 Å². The minimum atomic E-state index is -3.48. The second kappa shape index (κ2) is 7.19. The molecule has 0 aliphatic rings. The summed E-state index contributed by atoms with van der Waals surface area (Å²) in [6.45, 7) is 0.457. The van der Waals surface area contributed by atoms with Gasteiger partial charge in [-0.25, -0.2) is 17.1 Å². The van der Waals surface area contributed by atoms with Crippen LogP contribution in [0.15, 0.2) is 47.4 Å². The molecule has 2 aromatic rings. The molecule has 0 aliphatic carbocycles. The lowest BCUT2D eigenvalue weighted by Crippen LogP contribution is -2.23. The highest BCUT2D eigenvalue weighted by Crippen LogP contribution is 2.29. The molecule has 0 heterocycles. The van der Waals surface area contributed by atoms with Crippen LogP contribution in [0, 0.1) is 5.82 Å². The average molecular weight is 352 g/mol. The molecule has 0 aromatic heterocycles. The van der Waals surface area contributed by atoms with Gasteiger partial charge in [-0.1, -0.05) is 12.1 Å². The fourth-order valence-electron chi connectivity index (χ4n) is 2.34. The van der Waals surface area contributed by atoms with Gasteiger partial charge >= 0.3 is 0 Å². The van der Waals surface area contributed by atoms with Gasteiger partial charge in [0.1, 0.15) is 11.6 Å². The summed E-state index contributed by atoms with van der Waals surface area (Å²) in [5.41, 5.74) is 1.55. The van der Waals surface area contributed by atoms with Crippen molar-refractivity contribution in [3.63, 3.8) is 0 Å². The summed E-state index contributed by atoms with van der Waals surface area (Å²) in [5, 5.41) is 0. The van der Waals surface area contributed by atoms with Crippen molar-refractivity contribution in [1.82, 2.24) is 4.31 Å². The number of hydrogen-bond donors (Lipinski definition) is 0. The van der Waals surface area contributed by atoms with Crippen LogP contribution in [0.4, 0.5) is 10.1 Å². The number of sulfonamides is 1. The van der Waals surface area contributed by atoms with Crippen molar-refractivity contribution >= 4 is 15.7 Å². The van der Waals surface area contributed by atoms with Gasteiger partial charge < -0.3 is 9.64 Å². The van der Waals surface area contributed by atoms with Crippen LogP contribution >= 0.6 is 0 Å². The molecule has 0 radical (unpaired) electrons. The Bertz CT molecular complexity index is 822. The molecule has 0 unspecified atom stereocenters. The predicted octanol–water partition coefficient (Wildman–Crippen LogP) is 2.72. The SMILES string of the molecule is COc1cc(F)ccc1N(C)Cc1cccc(S(=O)(=O)N(C)C)c1. The predicted molar refractivity (Wildman–Crippen MR) is 92.4 cm³/mol. The lowest BCUT2D eigenvalue weighted by molar-refractivity contribution is 0.411. The molecule has 0 saturated carbocycles. The Morgan fingerprint density at radius 3 is 2.42 bits per heavy atom. The molecule has 0 N–H and O–H groups in total. The summed E-state index contributed by atoms with van der Waals surface area (Å²) in [6, 6.07) is 11.1. The third-order valence-corrected chi connectivity index (χ3v) is 5.46. The molecule has 0 spiro atoms. The molecule has 0 aliphatic heterocycles. The number of halogens is 1. The third kappa shape index (κ3) is 3.85. The monoisotopic (exact) mass is 352 g/mol. The minimum absolute atomic E-state index is 0.240. The number of rotatable bonds is 6. The number of nitrogens with zero attached hydrogens (tertiary/aromatic N) is 2. The van der Waals surface area contributed by atoms with Crippen LogP contribution in [0.25, 0.3) is 0 Å². The van der Waals surface area contributed by atoms with Crippen molar-refractivity contribution in [2.24, 2.45) is 0 Å². The molecule has 0 saturated heterocycles. The molecule has 2 rings (SSSR count). The number of anilines is 1. The van der Waals surface area contributed by atoms with Crippen LogP contribution in [0.1, 0.15) is 5.56 Å². The first kappa shape index (κ1) is 18.2. The van der Waals surface area contributed by atoms with Crippen LogP contribution in [-0.4, -0.2) is 41.0 Å². The van der Waals surface area contributed by atoms with Gasteiger partial charge in [-0.3, -0.25) is 0 Å². The van der Waals surface area contributed by atoms with E-state index < -0.39 is 10.0 Å². The molecule has 24 heavy (non-hydrogen) atoms. The topological polar surface area (TPSA) is 49.9 Å². The van der Waals surface area contributed by atoms with Crippen LogP contribution in [0.5, 0.6) is 5.75 Å². The van der Waals surface area contributed by atoms with E-state index in [-0.39, 0.29) is 10.7 Å². The van der Waals surface area contributed by atoms with E-state index in [1.54, 1.807) is 24.3 Å². The Hall–Kier alpha value is -2.12. The van der Waals surface area contributed by atoms with E-state index >= 15 is 0 Å². The Labute approximate surface area is 142 Å². The Kier molecular flexibility index (Phi) is 5.46. The summed E-state index contributed by atoms with van der Waals surface area (Å²) in [6.07, 6.45) is 0. The van der Waals surface area contributed by atoms with E-state index in [0.29, 0.717) is 12.3 Å². The van der Waals surface area contributed by atoms with Gasteiger partial charge in [0.25, 0.3) is 0 Å². The summed E-state index contributed by atoms with van der Waals surface area (Å²) in [7, 11) is 2.84. The maximum Gasteiger partial charge on any atom is 0.242 e. The van der Waals surface area contributed by atoms with Crippen molar-refractivity contribution in [3.05, 3.63) is 53.8 Å². The van der Waals surface area contributed by atoms with Crippen LogP contribution < -0.4 is 9.64 Å². The Morgan fingerprint density at radius 2 is 1.79 bits per heavy atom. The van der Waals surface area contributed by atoms with E-state index in [1.165, 1.54) is 37.6 Å². The Balaban J connectivity index is 2.29. The third-order valence-electron chi connectivity index (χ3n) is 3.65. The van der Waals surface area contributed by atoms with Gasteiger partial charge in [0.05, 0.1) is 17.7 Å². The maximum absolute atomic E-state index is 13.3. The summed E-state index contributed by atoms with van der Waals surface area (Å²) in [4.78, 5) is 2.11. The molecular weight excluding hydrogens is 331 g/mol. The van der Waals surface area contributed by atoms with Crippen molar-refractivity contribution in [1.29, 1.82) is 0 Å². The fraction of sp³-hybridized carbons (Fsp3) is 0.294. The summed E-state index contributed by atoms with van der Waals surface area (Å²) in [5.74, 6) is 0.0534. The highest BCUT2D eigenvalue weighted by Gasteiger charge is 2.18. The molecule has 7 heteroatoms. The first-order chi connectivity index (χ1) is 11.3. The zero-order valence-electron chi connectivity index (χ0n) is 14.2. The number of ether oxygens (including phenoxy) is 1. The van der Waals surface area contributed by atoms with Gasteiger partial charge in [-0.05, 0) is 29.8 Å². The molecule has 2 aromatic carbocycles. The zero-order valence-corrected chi connectivity index (χ0v) is 15.0. The minimum Gasteiger partial charge on any atom is -0.494 e. The van der Waals surface area contributed by atoms with Gasteiger partial charge in [0.2, 0.25) is 10.0 Å².